The Kier molecular flexibility index (Phi) is 5.72. The number of aromatic nitrogens is 4. The molecule has 5 heterocycles. The monoisotopic (exact) mass is 499 g/mol. The molecule has 7 rings (SSSR count). The van der Waals surface area contributed by atoms with Gasteiger partial charge in [-0.2, -0.15) is 9.50 Å². The SMILES string of the molecule is Nc1nc(N2CCN3CC(COc4ccc5c(c4)CCCC5)CCC3C2)cc2nc(-c3ccco3)nn12. The lowest BCUT2D eigenvalue weighted by atomic mass is 9.91. The van der Waals surface area contributed by atoms with Gasteiger partial charge in [-0.25, -0.2) is 4.98 Å². The summed E-state index contributed by atoms with van der Waals surface area (Å²) >= 11 is 0. The Balaban J connectivity index is 0.984. The molecule has 9 heteroatoms. The molecule has 37 heavy (non-hydrogen) atoms. The Morgan fingerprint density at radius 1 is 1.00 bits per heavy atom. The third kappa shape index (κ3) is 4.41. The second kappa shape index (κ2) is 9.37. The highest BCUT2D eigenvalue weighted by atomic mass is 16.5. The number of furan rings is 1. The van der Waals surface area contributed by atoms with Crippen molar-refractivity contribution in [3.63, 3.8) is 0 Å². The van der Waals surface area contributed by atoms with Crippen LogP contribution >= 0.6 is 0 Å². The van der Waals surface area contributed by atoms with Gasteiger partial charge in [0.1, 0.15) is 11.6 Å². The van der Waals surface area contributed by atoms with Gasteiger partial charge in [-0.15, -0.1) is 5.10 Å². The van der Waals surface area contributed by atoms with Gasteiger partial charge in [-0.05, 0) is 73.9 Å². The molecule has 4 aromatic rings. The van der Waals surface area contributed by atoms with Crippen LogP contribution in [0.3, 0.4) is 0 Å². The molecule has 2 saturated heterocycles. The number of piperidine rings is 1. The van der Waals surface area contributed by atoms with Crippen molar-refractivity contribution < 1.29 is 9.15 Å². The lowest BCUT2D eigenvalue weighted by molar-refractivity contribution is 0.0727. The van der Waals surface area contributed by atoms with Crippen molar-refractivity contribution in [1.29, 1.82) is 0 Å². The molecule has 192 valence electrons. The first-order chi connectivity index (χ1) is 18.2. The highest BCUT2D eigenvalue weighted by Gasteiger charge is 2.34. The molecule has 1 aliphatic carbocycles. The third-order valence-corrected chi connectivity index (χ3v) is 8.21. The number of nitrogen functional groups attached to an aromatic ring is 1. The summed E-state index contributed by atoms with van der Waals surface area (Å²) in [4.78, 5) is 14.2. The maximum Gasteiger partial charge on any atom is 0.225 e. The number of anilines is 2. The van der Waals surface area contributed by atoms with Crippen LogP contribution in [0.1, 0.15) is 36.8 Å². The summed E-state index contributed by atoms with van der Waals surface area (Å²) in [6.45, 7) is 4.76. The van der Waals surface area contributed by atoms with Crippen LogP contribution < -0.4 is 15.4 Å². The topological polar surface area (TPSA) is 98.0 Å². The molecule has 2 unspecified atom stereocenters. The van der Waals surface area contributed by atoms with Crippen LogP contribution in [0.25, 0.3) is 17.2 Å². The summed E-state index contributed by atoms with van der Waals surface area (Å²) in [6, 6.07) is 12.9. The van der Waals surface area contributed by atoms with Crippen molar-refractivity contribution in [2.24, 2.45) is 5.92 Å². The lowest BCUT2D eigenvalue weighted by Gasteiger charge is -2.46. The van der Waals surface area contributed by atoms with E-state index in [1.54, 1.807) is 10.8 Å². The first-order valence-corrected chi connectivity index (χ1v) is 13.5. The molecular formula is C28H33N7O2. The molecule has 0 spiro atoms. The number of nitrogens with two attached hydrogens (primary N) is 1. The van der Waals surface area contributed by atoms with Crippen molar-refractivity contribution >= 4 is 17.4 Å². The molecule has 2 aliphatic heterocycles. The molecule has 0 bridgehead atoms. The van der Waals surface area contributed by atoms with E-state index in [0.29, 0.717) is 35.1 Å². The van der Waals surface area contributed by atoms with Crippen molar-refractivity contribution in [3.8, 4) is 17.3 Å². The predicted molar refractivity (Wildman–Crippen MR) is 142 cm³/mol. The number of rotatable bonds is 5. The van der Waals surface area contributed by atoms with E-state index in [9.17, 15) is 0 Å². The van der Waals surface area contributed by atoms with Gasteiger partial charge in [0.05, 0.1) is 12.9 Å². The number of ether oxygens (including phenoxy) is 1. The summed E-state index contributed by atoms with van der Waals surface area (Å²) in [5.74, 6) is 3.93. The normalized spacial score (nSPS) is 22.1. The first kappa shape index (κ1) is 22.6. The maximum absolute atomic E-state index is 6.28. The zero-order valence-corrected chi connectivity index (χ0v) is 21.1. The average Bonchev–Trinajstić information content (AvgIpc) is 3.62. The highest BCUT2D eigenvalue weighted by molar-refractivity contribution is 5.59. The molecule has 1 aromatic carbocycles. The van der Waals surface area contributed by atoms with E-state index in [1.807, 2.05) is 18.2 Å². The lowest BCUT2D eigenvalue weighted by Crippen LogP contribution is -2.57. The fraction of sp³-hybridized carbons (Fsp3) is 0.464. The molecule has 2 atom stereocenters. The summed E-state index contributed by atoms with van der Waals surface area (Å²) < 4.78 is 13.3. The van der Waals surface area contributed by atoms with Crippen LogP contribution in [-0.4, -0.2) is 63.3 Å². The molecule has 9 nitrogen and oxygen atoms in total. The molecule has 3 aromatic heterocycles. The fourth-order valence-corrected chi connectivity index (χ4v) is 6.19. The Morgan fingerprint density at radius 3 is 2.81 bits per heavy atom. The molecule has 0 amide bonds. The number of benzene rings is 1. The minimum absolute atomic E-state index is 0.336. The van der Waals surface area contributed by atoms with Gasteiger partial charge in [0.15, 0.2) is 11.4 Å². The molecule has 0 saturated carbocycles. The second-order valence-corrected chi connectivity index (χ2v) is 10.6. The van der Waals surface area contributed by atoms with Gasteiger partial charge < -0.3 is 19.8 Å². The Bertz CT molecular complexity index is 1400. The first-order valence-electron chi connectivity index (χ1n) is 13.5. The summed E-state index contributed by atoms with van der Waals surface area (Å²) in [5.41, 5.74) is 9.94. The number of hydrogen-bond donors (Lipinski definition) is 1. The molecule has 2 fully saturated rings. The summed E-state index contributed by atoms with van der Waals surface area (Å²) in [7, 11) is 0. The van der Waals surface area contributed by atoms with Crippen LogP contribution in [0, 0.1) is 5.92 Å². The van der Waals surface area contributed by atoms with Crippen molar-refractivity contribution in [2.45, 2.75) is 44.6 Å². The van der Waals surface area contributed by atoms with Gasteiger partial charge in [0.2, 0.25) is 11.8 Å². The number of aryl methyl sites for hydroxylation is 2. The van der Waals surface area contributed by atoms with E-state index in [0.717, 1.165) is 44.4 Å². The standard InChI is InChI=1S/C28H33N7O2/c29-28-31-25(15-26-30-27(32-35(26)28)24-6-3-13-36-24)34-12-11-33-16-19(7-9-22(33)17-34)18-37-23-10-8-20-4-1-2-5-21(20)14-23/h3,6,8,10,13-15,19,22H,1-2,4-5,7,9,11-12,16-18H2,(H2,29,31). The van der Waals surface area contributed by atoms with Gasteiger partial charge in [-0.1, -0.05) is 6.07 Å². The summed E-state index contributed by atoms with van der Waals surface area (Å²) in [5, 5.41) is 4.46. The van der Waals surface area contributed by atoms with Gasteiger partial charge in [-0.3, -0.25) is 4.90 Å². The second-order valence-electron chi connectivity index (χ2n) is 10.6. The van der Waals surface area contributed by atoms with Gasteiger partial charge in [0.25, 0.3) is 0 Å². The van der Waals surface area contributed by atoms with Crippen molar-refractivity contribution in [3.05, 3.63) is 53.8 Å². The average molecular weight is 500 g/mol. The van der Waals surface area contributed by atoms with Crippen LogP contribution in [0.5, 0.6) is 5.75 Å². The van der Waals surface area contributed by atoms with E-state index in [1.165, 1.54) is 49.7 Å². The van der Waals surface area contributed by atoms with E-state index < -0.39 is 0 Å². The van der Waals surface area contributed by atoms with E-state index in [-0.39, 0.29) is 0 Å². The van der Waals surface area contributed by atoms with Crippen LogP contribution in [0.4, 0.5) is 11.8 Å². The molecule has 3 aliphatic rings. The van der Waals surface area contributed by atoms with Crippen molar-refractivity contribution in [2.75, 3.05) is 43.4 Å². The van der Waals surface area contributed by atoms with Gasteiger partial charge >= 0.3 is 0 Å². The minimum atomic E-state index is 0.336. The molecule has 2 N–H and O–H groups in total. The minimum Gasteiger partial charge on any atom is -0.493 e. The van der Waals surface area contributed by atoms with Gasteiger partial charge in [0, 0.05) is 44.2 Å². The smallest absolute Gasteiger partial charge is 0.225 e. The Hall–Kier alpha value is -3.59. The van der Waals surface area contributed by atoms with Crippen LogP contribution in [0.15, 0.2) is 47.1 Å². The largest absolute Gasteiger partial charge is 0.493 e. The van der Waals surface area contributed by atoms with E-state index in [4.69, 9.17) is 14.9 Å². The zero-order chi connectivity index (χ0) is 24.8. The Labute approximate surface area is 216 Å². The third-order valence-electron chi connectivity index (χ3n) is 8.21. The van der Waals surface area contributed by atoms with E-state index >= 15 is 0 Å². The maximum atomic E-state index is 6.28. The van der Waals surface area contributed by atoms with E-state index in [2.05, 4.69) is 43.1 Å². The van der Waals surface area contributed by atoms with Crippen LogP contribution in [0.2, 0.25) is 0 Å². The number of nitrogens with zero attached hydrogens (tertiary/aromatic N) is 6. The summed E-state index contributed by atoms with van der Waals surface area (Å²) in [6.07, 6.45) is 8.99. The number of piperazine rings is 1. The highest BCUT2D eigenvalue weighted by Crippen LogP contribution is 2.30. The quantitative estimate of drug-likeness (QED) is 0.443. The number of fused-ring (bicyclic) bond motifs is 3. The molecular weight excluding hydrogens is 466 g/mol. The number of hydrogen-bond acceptors (Lipinski definition) is 8. The predicted octanol–water partition coefficient (Wildman–Crippen LogP) is 3.82. The Morgan fingerprint density at radius 2 is 1.92 bits per heavy atom. The zero-order valence-electron chi connectivity index (χ0n) is 21.1. The van der Waals surface area contributed by atoms with Crippen molar-refractivity contribution in [1.82, 2.24) is 24.5 Å². The van der Waals surface area contributed by atoms with Crippen LogP contribution in [-0.2, 0) is 12.8 Å². The fourth-order valence-electron chi connectivity index (χ4n) is 6.19. The molecule has 0 radical (unpaired) electrons.